The van der Waals surface area contributed by atoms with E-state index in [1.807, 2.05) is 6.07 Å². The summed E-state index contributed by atoms with van der Waals surface area (Å²) in [6, 6.07) is 10.5. The topological polar surface area (TPSA) is 136 Å². The molecule has 0 unspecified atom stereocenters. The van der Waals surface area contributed by atoms with Crippen molar-refractivity contribution in [3.05, 3.63) is 54.6 Å². The third-order valence-electron chi connectivity index (χ3n) is 3.88. The Morgan fingerprint density at radius 2 is 1.82 bits per heavy atom. The van der Waals surface area contributed by atoms with Gasteiger partial charge in [0.2, 0.25) is 0 Å². The molecule has 28 heavy (non-hydrogen) atoms. The zero-order valence-electron chi connectivity index (χ0n) is 14.7. The van der Waals surface area contributed by atoms with Gasteiger partial charge in [0.25, 0.3) is 5.91 Å². The maximum atomic E-state index is 12.1. The number of ether oxygens (including phenoxy) is 2. The molecule has 3 aromatic rings. The van der Waals surface area contributed by atoms with Crippen molar-refractivity contribution in [1.82, 2.24) is 20.4 Å². The number of hydrogen-bond donors (Lipinski definition) is 4. The molecule has 10 heteroatoms. The van der Waals surface area contributed by atoms with Crippen molar-refractivity contribution < 1.29 is 14.3 Å². The fourth-order valence-corrected chi connectivity index (χ4v) is 2.53. The zero-order chi connectivity index (χ0) is 19.3. The van der Waals surface area contributed by atoms with Gasteiger partial charge in [-0.15, -0.1) is 0 Å². The van der Waals surface area contributed by atoms with Crippen LogP contribution in [0, 0.1) is 0 Å². The number of rotatable bonds is 5. The molecule has 0 radical (unpaired) electrons. The Balaban J connectivity index is 1.47. The predicted octanol–water partition coefficient (Wildman–Crippen LogP) is 1.73. The normalized spacial score (nSPS) is 12.1. The second-order valence-electron chi connectivity index (χ2n) is 5.76. The molecule has 1 aliphatic rings. The van der Waals surface area contributed by atoms with Gasteiger partial charge in [-0.3, -0.25) is 20.6 Å². The maximum Gasteiger partial charge on any atom is 0.288 e. The molecule has 2 aromatic heterocycles. The summed E-state index contributed by atoms with van der Waals surface area (Å²) in [5.41, 5.74) is 12.5. The molecule has 0 saturated carbocycles. The SMILES string of the molecule is Nc1c(NNC(=O)c2ccccn2)ncnc1Nc1ccc2c(c1)OCCO2. The van der Waals surface area contributed by atoms with Crippen molar-refractivity contribution in [2.75, 3.05) is 29.7 Å². The monoisotopic (exact) mass is 379 g/mol. The molecule has 1 amide bonds. The second kappa shape index (κ2) is 7.66. The Kier molecular flexibility index (Phi) is 4.74. The van der Waals surface area contributed by atoms with E-state index >= 15 is 0 Å². The van der Waals surface area contributed by atoms with E-state index in [9.17, 15) is 4.79 Å². The number of nitrogens with zero attached hydrogens (tertiary/aromatic N) is 3. The van der Waals surface area contributed by atoms with Gasteiger partial charge in [-0.1, -0.05) is 6.07 Å². The average molecular weight is 379 g/mol. The van der Waals surface area contributed by atoms with Crippen molar-refractivity contribution in [1.29, 1.82) is 0 Å². The molecular formula is C18H17N7O3. The quantitative estimate of drug-likeness (QED) is 0.488. The number of carbonyl (C=O) groups excluding carboxylic acids is 1. The molecule has 0 saturated heterocycles. The van der Waals surface area contributed by atoms with Gasteiger partial charge < -0.3 is 20.5 Å². The summed E-state index contributed by atoms with van der Waals surface area (Å²) in [5.74, 6) is 1.54. The summed E-state index contributed by atoms with van der Waals surface area (Å²) in [5, 5.41) is 3.11. The number of carbonyl (C=O) groups is 1. The summed E-state index contributed by atoms with van der Waals surface area (Å²) in [6.07, 6.45) is 2.86. The van der Waals surface area contributed by atoms with E-state index < -0.39 is 5.91 Å². The molecule has 142 valence electrons. The highest BCUT2D eigenvalue weighted by atomic mass is 16.6. The number of nitrogens with two attached hydrogens (primary N) is 1. The van der Waals surface area contributed by atoms with Gasteiger partial charge in [-0.25, -0.2) is 9.97 Å². The van der Waals surface area contributed by atoms with Crippen molar-refractivity contribution in [2.24, 2.45) is 0 Å². The highest BCUT2D eigenvalue weighted by molar-refractivity contribution is 5.93. The van der Waals surface area contributed by atoms with Crippen molar-refractivity contribution >= 4 is 28.9 Å². The molecule has 0 aliphatic carbocycles. The van der Waals surface area contributed by atoms with Gasteiger partial charge in [-0.2, -0.15) is 0 Å². The molecule has 5 N–H and O–H groups in total. The molecule has 1 aromatic carbocycles. The first-order valence-corrected chi connectivity index (χ1v) is 8.45. The first kappa shape index (κ1) is 17.3. The van der Waals surface area contributed by atoms with E-state index in [-0.39, 0.29) is 17.2 Å². The number of amides is 1. The molecule has 0 fully saturated rings. The van der Waals surface area contributed by atoms with Gasteiger partial charge in [0, 0.05) is 18.0 Å². The minimum Gasteiger partial charge on any atom is -0.486 e. The minimum atomic E-state index is -0.417. The lowest BCUT2D eigenvalue weighted by Gasteiger charge is -2.19. The molecule has 0 spiro atoms. The van der Waals surface area contributed by atoms with E-state index in [0.29, 0.717) is 30.5 Å². The minimum absolute atomic E-state index is 0.235. The Bertz CT molecular complexity index is 998. The Hall–Kier alpha value is -4.08. The fourth-order valence-electron chi connectivity index (χ4n) is 2.53. The molecule has 3 heterocycles. The van der Waals surface area contributed by atoms with Gasteiger partial charge in [0.15, 0.2) is 23.1 Å². The van der Waals surface area contributed by atoms with Crippen LogP contribution in [0.5, 0.6) is 11.5 Å². The van der Waals surface area contributed by atoms with Crippen LogP contribution in [0.1, 0.15) is 10.5 Å². The van der Waals surface area contributed by atoms with Crippen LogP contribution in [0.2, 0.25) is 0 Å². The molecule has 10 nitrogen and oxygen atoms in total. The van der Waals surface area contributed by atoms with Gasteiger partial charge >= 0.3 is 0 Å². The number of nitrogen functional groups attached to an aromatic ring is 1. The van der Waals surface area contributed by atoms with Gasteiger partial charge in [-0.05, 0) is 24.3 Å². The third-order valence-corrected chi connectivity index (χ3v) is 3.88. The molecule has 0 atom stereocenters. The second-order valence-corrected chi connectivity index (χ2v) is 5.76. The summed E-state index contributed by atoms with van der Waals surface area (Å²) >= 11 is 0. The van der Waals surface area contributed by atoms with Crippen molar-refractivity contribution in [2.45, 2.75) is 0 Å². The van der Waals surface area contributed by atoms with Gasteiger partial charge in [0.1, 0.15) is 30.9 Å². The summed E-state index contributed by atoms with van der Waals surface area (Å²) < 4.78 is 11.1. The first-order chi connectivity index (χ1) is 13.7. The number of anilines is 4. The van der Waals surface area contributed by atoms with Crippen LogP contribution in [0.4, 0.5) is 23.0 Å². The lowest BCUT2D eigenvalue weighted by atomic mass is 10.2. The number of nitrogens with one attached hydrogen (secondary N) is 3. The predicted molar refractivity (Wildman–Crippen MR) is 102 cm³/mol. The molecule has 1 aliphatic heterocycles. The van der Waals surface area contributed by atoms with Crippen LogP contribution in [-0.4, -0.2) is 34.1 Å². The van der Waals surface area contributed by atoms with Gasteiger partial charge in [0.05, 0.1) is 0 Å². The number of hydrogen-bond acceptors (Lipinski definition) is 9. The molecule has 0 bridgehead atoms. The van der Waals surface area contributed by atoms with Crippen LogP contribution >= 0.6 is 0 Å². The fraction of sp³-hybridized carbons (Fsp3) is 0.111. The number of fused-ring (bicyclic) bond motifs is 1. The largest absolute Gasteiger partial charge is 0.486 e. The number of aromatic nitrogens is 3. The number of hydrazine groups is 1. The van der Waals surface area contributed by atoms with Crippen LogP contribution in [0.25, 0.3) is 0 Å². The van der Waals surface area contributed by atoms with E-state index in [1.165, 1.54) is 12.5 Å². The molecule has 4 rings (SSSR count). The average Bonchev–Trinajstić information content (AvgIpc) is 2.74. The smallest absolute Gasteiger partial charge is 0.288 e. The standard InChI is InChI=1S/C18H17N7O3/c19-15-16(23-11-4-5-13-14(9-11)28-8-7-27-13)21-10-22-17(15)24-25-18(26)12-3-1-2-6-20-12/h1-6,9-10H,7-8,19H2,(H,25,26)(H2,21,22,23,24). The Morgan fingerprint density at radius 1 is 1.00 bits per heavy atom. The van der Waals surface area contributed by atoms with E-state index in [2.05, 4.69) is 31.1 Å². The van der Waals surface area contributed by atoms with E-state index in [1.54, 1.807) is 30.3 Å². The Labute approximate surface area is 160 Å². The van der Waals surface area contributed by atoms with Crippen LogP contribution in [-0.2, 0) is 0 Å². The zero-order valence-corrected chi connectivity index (χ0v) is 14.7. The molecular weight excluding hydrogens is 362 g/mol. The lowest BCUT2D eigenvalue weighted by molar-refractivity contribution is 0.0957. The van der Waals surface area contributed by atoms with Crippen molar-refractivity contribution in [3.8, 4) is 11.5 Å². The first-order valence-electron chi connectivity index (χ1n) is 8.45. The lowest BCUT2D eigenvalue weighted by Crippen LogP contribution is -2.31. The van der Waals surface area contributed by atoms with E-state index in [0.717, 1.165) is 5.69 Å². The number of benzene rings is 1. The Morgan fingerprint density at radius 3 is 2.64 bits per heavy atom. The van der Waals surface area contributed by atoms with Crippen LogP contribution in [0.3, 0.4) is 0 Å². The highest BCUT2D eigenvalue weighted by Gasteiger charge is 2.14. The number of pyridine rings is 1. The van der Waals surface area contributed by atoms with E-state index in [4.69, 9.17) is 15.2 Å². The van der Waals surface area contributed by atoms with Crippen LogP contribution in [0.15, 0.2) is 48.9 Å². The maximum absolute atomic E-state index is 12.1. The summed E-state index contributed by atoms with van der Waals surface area (Å²) in [7, 11) is 0. The van der Waals surface area contributed by atoms with Crippen LogP contribution < -0.4 is 31.4 Å². The highest BCUT2D eigenvalue weighted by Crippen LogP contribution is 2.34. The summed E-state index contributed by atoms with van der Waals surface area (Å²) in [6.45, 7) is 1.02. The third kappa shape index (κ3) is 3.70. The van der Waals surface area contributed by atoms with Crippen molar-refractivity contribution in [3.63, 3.8) is 0 Å². The summed E-state index contributed by atoms with van der Waals surface area (Å²) in [4.78, 5) is 24.2.